The zero-order valence-corrected chi connectivity index (χ0v) is 12.3. The van der Waals surface area contributed by atoms with Gasteiger partial charge in [-0.1, -0.05) is 29.8 Å². The zero-order chi connectivity index (χ0) is 15.9. The highest BCUT2D eigenvalue weighted by Crippen LogP contribution is 2.18. The Balaban J connectivity index is 1.98. The van der Waals surface area contributed by atoms with E-state index in [1.54, 1.807) is 48.5 Å². The maximum absolute atomic E-state index is 11.8. The molecule has 0 spiro atoms. The van der Waals surface area contributed by atoms with Crippen LogP contribution in [0.5, 0.6) is 5.75 Å². The molecule has 0 aromatic heterocycles. The molecule has 4 N–H and O–H groups in total. The molecule has 0 saturated heterocycles. The van der Waals surface area contributed by atoms with Crippen molar-refractivity contribution in [3.05, 3.63) is 59.1 Å². The molecule has 7 heteroatoms. The number of hydrogen-bond acceptors (Lipinski definition) is 4. The maximum atomic E-state index is 11.8. The molecule has 2 rings (SSSR count). The number of hydrogen-bond donors (Lipinski definition) is 3. The highest BCUT2D eigenvalue weighted by atomic mass is 35.5. The number of ether oxygens (including phenoxy) is 1. The van der Waals surface area contributed by atoms with Crippen LogP contribution in [0.3, 0.4) is 0 Å². The van der Waals surface area contributed by atoms with Gasteiger partial charge in [0, 0.05) is 10.7 Å². The van der Waals surface area contributed by atoms with Crippen LogP contribution in [0.1, 0.15) is 10.4 Å². The number of para-hydroxylation sites is 1. The smallest absolute Gasteiger partial charge is 0.268 e. The second-order valence-corrected chi connectivity index (χ2v) is 4.75. The lowest BCUT2D eigenvalue weighted by Crippen LogP contribution is -2.30. The van der Waals surface area contributed by atoms with Crippen molar-refractivity contribution in [3.8, 4) is 5.75 Å². The highest BCUT2D eigenvalue weighted by molar-refractivity contribution is 6.30. The summed E-state index contributed by atoms with van der Waals surface area (Å²) in [5.74, 6) is 4.50. The number of anilines is 1. The lowest BCUT2D eigenvalue weighted by atomic mass is 10.2. The van der Waals surface area contributed by atoms with Gasteiger partial charge in [0.1, 0.15) is 5.75 Å². The minimum Gasteiger partial charge on any atom is -0.483 e. The standard InChI is InChI=1S/C15H14ClN3O3/c16-10-4-3-5-11(8-10)18-14(20)9-22-13-7-2-1-6-12(13)15(21)19-17/h1-8H,9,17H2,(H,18,20)(H,19,21). The van der Waals surface area contributed by atoms with Crippen molar-refractivity contribution in [2.45, 2.75) is 0 Å². The number of nitrogens with one attached hydrogen (secondary N) is 2. The molecule has 0 unspecified atom stereocenters. The summed E-state index contributed by atoms with van der Waals surface area (Å²) < 4.78 is 5.36. The van der Waals surface area contributed by atoms with Crippen molar-refractivity contribution in [3.63, 3.8) is 0 Å². The molecule has 0 fully saturated rings. The van der Waals surface area contributed by atoms with E-state index in [1.807, 2.05) is 5.43 Å². The Bertz CT molecular complexity index is 691. The van der Waals surface area contributed by atoms with E-state index >= 15 is 0 Å². The molecular formula is C15H14ClN3O3. The molecule has 0 atom stereocenters. The van der Waals surface area contributed by atoms with E-state index in [-0.39, 0.29) is 23.8 Å². The molecule has 22 heavy (non-hydrogen) atoms. The Kier molecular flexibility index (Phi) is 5.35. The molecule has 0 heterocycles. The number of nitrogen functional groups attached to an aromatic ring is 1. The molecule has 0 aliphatic rings. The normalized spacial score (nSPS) is 9.91. The first-order chi connectivity index (χ1) is 10.6. The molecule has 2 amide bonds. The van der Waals surface area contributed by atoms with Crippen molar-refractivity contribution < 1.29 is 14.3 Å². The Hall–Kier alpha value is -2.57. The molecule has 2 aromatic carbocycles. The van der Waals surface area contributed by atoms with Gasteiger partial charge in [0.05, 0.1) is 5.56 Å². The fourth-order valence-corrected chi connectivity index (χ4v) is 1.95. The largest absolute Gasteiger partial charge is 0.483 e. The van der Waals surface area contributed by atoms with Crippen LogP contribution in [0, 0.1) is 0 Å². The van der Waals surface area contributed by atoms with Crippen LogP contribution in [0.25, 0.3) is 0 Å². The lowest BCUT2D eigenvalue weighted by Gasteiger charge is -2.10. The molecule has 2 aromatic rings. The van der Waals surface area contributed by atoms with Crippen LogP contribution in [0.2, 0.25) is 5.02 Å². The molecule has 0 bridgehead atoms. The number of benzene rings is 2. The average molecular weight is 320 g/mol. The van der Waals surface area contributed by atoms with Gasteiger partial charge in [-0.3, -0.25) is 15.0 Å². The number of carbonyl (C=O) groups excluding carboxylic acids is 2. The molecule has 0 aliphatic heterocycles. The fourth-order valence-electron chi connectivity index (χ4n) is 1.76. The number of nitrogens with two attached hydrogens (primary N) is 1. The summed E-state index contributed by atoms with van der Waals surface area (Å²) >= 11 is 5.83. The summed E-state index contributed by atoms with van der Waals surface area (Å²) in [4.78, 5) is 23.4. The van der Waals surface area contributed by atoms with Crippen molar-refractivity contribution in [1.82, 2.24) is 5.43 Å². The summed E-state index contributed by atoms with van der Waals surface area (Å²) in [5, 5.41) is 3.16. The first kappa shape index (κ1) is 15.8. The predicted molar refractivity (Wildman–Crippen MR) is 83.7 cm³/mol. The van der Waals surface area contributed by atoms with Crippen LogP contribution < -0.4 is 21.3 Å². The van der Waals surface area contributed by atoms with Crippen LogP contribution in [-0.2, 0) is 4.79 Å². The highest BCUT2D eigenvalue weighted by Gasteiger charge is 2.12. The van der Waals surface area contributed by atoms with E-state index in [1.165, 1.54) is 0 Å². The van der Waals surface area contributed by atoms with Crippen LogP contribution in [0.15, 0.2) is 48.5 Å². The number of rotatable bonds is 5. The number of carbonyl (C=O) groups is 2. The van der Waals surface area contributed by atoms with Gasteiger partial charge in [-0.2, -0.15) is 0 Å². The van der Waals surface area contributed by atoms with Crippen LogP contribution >= 0.6 is 11.6 Å². The van der Waals surface area contributed by atoms with Crippen molar-refractivity contribution in [1.29, 1.82) is 0 Å². The van der Waals surface area contributed by atoms with Crippen molar-refractivity contribution in [2.75, 3.05) is 11.9 Å². The predicted octanol–water partition coefficient (Wildman–Crippen LogP) is 1.96. The van der Waals surface area contributed by atoms with Gasteiger partial charge in [0.15, 0.2) is 6.61 Å². The number of hydrazine groups is 1. The van der Waals surface area contributed by atoms with Crippen molar-refractivity contribution >= 4 is 29.1 Å². The third-order valence-corrected chi connectivity index (χ3v) is 2.97. The summed E-state index contributed by atoms with van der Waals surface area (Å²) in [6, 6.07) is 13.2. The third kappa shape index (κ3) is 4.21. The molecular weight excluding hydrogens is 306 g/mol. The van der Waals surface area contributed by atoms with Crippen LogP contribution in [-0.4, -0.2) is 18.4 Å². The van der Waals surface area contributed by atoms with E-state index in [0.29, 0.717) is 10.7 Å². The molecule has 0 saturated carbocycles. The number of halogens is 1. The Morgan fingerprint density at radius 1 is 1.14 bits per heavy atom. The SMILES string of the molecule is NNC(=O)c1ccccc1OCC(=O)Nc1cccc(Cl)c1. The van der Waals surface area contributed by atoms with Gasteiger partial charge in [-0.05, 0) is 30.3 Å². The summed E-state index contributed by atoms with van der Waals surface area (Å²) in [7, 11) is 0. The van der Waals surface area contributed by atoms with E-state index < -0.39 is 5.91 Å². The maximum Gasteiger partial charge on any atom is 0.268 e. The van der Waals surface area contributed by atoms with Gasteiger partial charge < -0.3 is 10.1 Å². The van der Waals surface area contributed by atoms with Gasteiger partial charge in [-0.25, -0.2) is 5.84 Å². The zero-order valence-electron chi connectivity index (χ0n) is 11.5. The second kappa shape index (κ2) is 7.44. The summed E-state index contributed by atoms with van der Waals surface area (Å²) in [6.07, 6.45) is 0. The topological polar surface area (TPSA) is 93.4 Å². The van der Waals surface area contributed by atoms with Gasteiger partial charge in [-0.15, -0.1) is 0 Å². The molecule has 6 nitrogen and oxygen atoms in total. The van der Waals surface area contributed by atoms with E-state index in [0.717, 1.165) is 0 Å². The van der Waals surface area contributed by atoms with E-state index in [2.05, 4.69) is 5.32 Å². The first-order valence-corrected chi connectivity index (χ1v) is 6.76. The van der Waals surface area contributed by atoms with Gasteiger partial charge in [0.25, 0.3) is 11.8 Å². The summed E-state index contributed by atoms with van der Waals surface area (Å²) in [5.41, 5.74) is 2.84. The quantitative estimate of drug-likeness (QED) is 0.446. The third-order valence-electron chi connectivity index (χ3n) is 2.73. The monoisotopic (exact) mass is 319 g/mol. The second-order valence-electron chi connectivity index (χ2n) is 4.32. The van der Waals surface area contributed by atoms with Gasteiger partial charge in [0.2, 0.25) is 0 Å². The molecule has 0 aliphatic carbocycles. The minimum atomic E-state index is -0.495. The lowest BCUT2D eigenvalue weighted by molar-refractivity contribution is -0.118. The minimum absolute atomic E-state index is 0.249. The van der Waals surface area contributed by atoms with Crippen LogP contribution in [0.4, 0.5) is 5.69 Å². The van der Waals surface area contributed by atoms with Gasteiger partial charge >= 0.3 is 0 Å². The van der Waals surface area contributed by atoms with E-state index in [9.17, 15) is 9.59 Å². The fraction of sp³-hybridized carbons (Fsp3) is 0.0667. The molecule has 114 valence electrons. The summed E-state index contributed by atoms with van der Waals surface area (Å²) in [6.45, 7) is -0.249. The Morgan fingerprint density at radius 3 is 2.64 bits per heavy atom. The Morgan fingerprint density at radius 2 is 1.91 bits per heavy atom. The average Bonchev–Trinajstić information content (AvgIpc) is 2.52. The first-order valence-electron chi connectivity index (χ1n) is 6.38. The van der Waals surface area contributed by atoms with Crippen molar-refractivity contribution in [2.24, 2.45) is 5.84 Å². The van der Waals surface area contributed by atoms with E-state index in [4.69, 9.17) is 22.2 Å². The molecule has 0 radical (unpaired) electrons. The number of amides is 2. The Labute approximate surface area is 132 Å².